The lowest BCUT2D eigenvalue weighted by Gasteiger charge is -2.21. The molecule has 0 aromatic heterocycles. The molecule has 0 spiro atoms. The fourth-order valence-corrected chi connectivity index (χ4v) is 2.38. The van der Waals surface area contributed by atoms with Crippen molar-refractivity contribution in [1.29, 1.82) is 0 Å². The predicted molar refractivity (Wildman–Crippen MR) is 83.8 cm³/mol. The van der Waals surface area contributed by atoms with Crippen molar-refractivity contribution < 1.29 is 14.6 Å². The second kappa shape index (κ2) is 5.85. The van der Waals surface area contributed by atoms with E-state index >= 15 is 0 Å². The van der Waals surface area contributed by atoms with Gasteiger partial charge < -0.3 is 9.84 Å². The minimum Gasteiger partial charge on any atom is -0.444 e. The van der Waals surface area contributed by atoms with Gasteiger partial charge >= 0.3 is 6.09 Å². The zero-order chi connectivity index (χ0) is 15.7. The van der Waals surface area contributed by atoms with Gasteiger partial charge in [-0.1, -0.05) is 17.7 Å². The topological polar surface area (TPSA) is 58.6 Å². The lowest BCUT2D eigenvalue weighted by molar-refractivity contribution is 0.0635. The fourth-order valence-electron chi connectivity index (χ4n) is 2.20. The van der Waals surface area contributed by atoms with Gasteiger partial charge in [-0.15, -0.1) is 0 Å². The number of anilines is 1. The first-order chi connectivity index (χ1) is 9.73. The summed E-state index contributed by atoms with van der Waals surface area (Å²) >= 11 is 6.01. The van der Waals surface area contributed by atoms with Crippen LogP contribution < -0.4 is 5.32 Å². The first kappa shape index (κ1) is 16.1. The van der Waals surface area contributed by atoms with Gasteiger partial charge in [0.05, 0.1) is 0 Å². The van der Waals surface area contributed by atoms with Crippen LogP contribution in [-0.2, 0) is 11.2 Å². The second-order valence-corrected chi connectivity index (χ2v) is 7.20. The molecule has 1 saturated carbocycles. The Hall–Kier alpha value is -1.26. The third-order valence-electron chi connectivity index (χ3n) is 3.57. The summed E-state index contributed by atoms with van der Waals surface area (Å²) in [7, 11) is 0. The van der Waals surface area contributed by atoms with Crippen LogP contribution in [0.3, 0.4) is 0 Å². The van der Waals surface area contributed by atoms with E-state index < -0.39 is 11.7 Å². The maximum Gasteiger partial charge on any atom is 0.412 e. The van der Waals surface area contributed by atoms with Crippen LogP contribution in [0.15, 0.2) is 18.2 Å². The summed E-state index contributed by atoms with van der Waals surface area (Å²) in [5.74, 6) is 0. The number of aliphatic hydroxyl groups is 1. The van der Waals surface area contributed by atoms with Gasteiger partial charge in [0.2, 0.25) is 0 Å². The molecule has 0 aliphatic heterocycles. The van der Waals surface area contributed by atoms with Gasteiger partial charge in [-0.25, -0.2) is 4.79 Å². The summed E-state index contributed by atoms with van der Waals surface area (Å²) in [6.07, 6.45) is 2.25. The van der Waals surface area contributed by atoms with Gasteiger partial charge in [0, 0.05) is 17.3 Å². The maximum atomic E-state index is 11.9. The van der Waals surface area contributed by atoms with Crippen molar-refractivity contribution in [2.75, 3.05) is 11.9 Å². The Morgan fingerprint density at radius 3 is 2.62 bits per heavy atom. The summed E-state index contributed by atoms with van der Waals surface area (Å²) in [6.45, 7) is 5.62. The van der Waals surface area contributed by atoms with Crippen LogP contribution in [0.4, 0.5) is 10.5 Å². The van der Waals surface area contributed by atoms with Crippen molar-refractivity contribution in [2.45, 2.75) is 45.6 Å². The molecule has 1 amide bonds. The van der Waals surface area contributed by atoms with Crippen LogP contribution in [0.25, 0.3) is 0 Å². The minimum atomic E-state index is -0.550. The van der Waals surface area contributed by atoms with Crippen LogP contribution in [0.1, 0.15) is 39.2 Å². The number of hydrogen-bond donors (Lipinski definition) is 2. The standard InChI is InChI=1S/C16H22ClNO3/c1-15(2,3)21-14(20)18-13-8-12(17)5-4-11(13)9-16(10-19)6-7-16/h4-5,8,19H,6-7,9-10H2,1-3H3,(H,18,20). The molecule has 0 radical (unpaired) electrons. The summed E-state index contributed by atoms with van der Waals surface area (Å²) < 4.78 is 5.27. The van der Waals surface area contributed by atoms with Crippen molar-refractivity contribution in [3.63, 3.8) is 0 Å². The van der Waals surface area contributed by atoms with Crippen molar-refractivity contribution in [3.05, 3.63) is 28.8 Å². The molecule has 116 valence electrons. The van der Waals surface area contributed by atoms with Crippen LogP contribution in [0, 0.1) is 5.41 Å². The van der Waals surface area contributed by atoms with Crippen LogP contribution in [-0.4, -0.2) is 23.4 Å². The maximum absolute atomic E-state index is 11.9. The van der Waals surface area contributed by atoms with Crippen molar-refractivity contribution in [2.24, 2.45) is 5.41 Å². The van der Waals surface area contributed by atoms with Crippen molar-refractivity contribution >= 4 is 23.4 Å². The molecule has 0 heterocycles. The molecule has 2 N–H and O–H groups in total. The largest absolute Gasteiger partial charge is 0.444 e. The highest BCUT2D eigenvalue weighted by Crippen LogP contribution is 2.48. The van der Waals surface area contributed by atoms with E-state index in [-0.39, 0.29) is 12.0 Å². The Labute approximate surface area is 130 Å². The van der Waals surface area contributed by atoms with Gasteiger partial charge in [-0.05, 0) is 63.1 Å². The van der Waals surface area contributed by atoms with Crippen molar-refractivity contribution in [1.82, 2.24) is 0 Å². The van der Waals surface area contributed by atoms with E-state index in [1.807, 2.05) is 26.8 Å². The Balaban J connectivity index is 2.14. The van der Waals surface area contributed by atoms with E-state index in [4.69, 9.17) is 16.3 Å². The SMILES string of the molecule is CC(C)(C)OC(=O)Nc1cc(Cl)ccc1CC1(CO)CC1. The normalized spacial score (nSPS) is 16.4. The van der Waals surface area contributed by atoms with E-state index in [0.29, 0.717) is 10.7 Å². The molecular weight excluding hydrogens is 290 g/mol. The summed E-state index contributed by atoms with van der Waals surface area (Å²) in [4.78, 5) is 11.9. The average Bonchev–Trinajstić information content (AvgIpc) is 3.11. The third kappa shape index (κ3) is 4.61. The monoisotopic (exact) mass is 311 g/mol. The van der Waals surface area contributed by atoms with Crippen LogP contribution >= 0.6 is 11.6 Å². The number of carbonyl (C=O) groups is 1. The zero-order valence-electron chi connectivity index (χ0n) is 12.7. The van der Waals surface area contributed by atoms with Gasteiger partial charge in [0.15, 0.2) is 0 Å². The average molecular weight is 312 g/mol. The number of aliphatic hydroxyl groups excluding tert-OH is 1. The van der Waals surface area contributed by atoms with E-state index in [1.165, 1.54) is 0 Å². The molecule has 0 saturated heterocycles. The Morgan fingerprint density at radius 1 is 1.43 bits per heavy atom. The van der Waals surface area contributed by atoms with E-state index in [9.17, 15) is 9.90 Å². The van der Waals surface area contributed by atoms with Gasteiger partial charge in [-0.2, -0.15) is 0 Å². The van der Waals surface area contributed by atoms with E-state index in [2.05, 4.69) is 5.32 Å². The van der Waals surface area contributed by atoms with E-state index in [0.717, 1.165) is 24.8 Å². The third-order valence-corrected chi connectivity index (χ3v) is 3.80. The molecule has 0 atom stereocenters. The Kier molecular flexibility index (Phi) is 4.49. The molecular formula is C16H22ClNO3. The highest BCUT2D eigenvalue weighted by atomic mass is 35.5. The smallest absolute Gasteiger partial charge is 0.412 e. The lowest BCUT2D eigenvalue weighted by Crippen LogP contribution is -2.27. The molecule has 1 aliphatic carbocycles. The number of nitrogens with one attached hydrogen (secondary N) is 1. The molecule has 1 aromatic carbocycles. The summed E-state index contributed by atoms with van der Waals surface area (Å²) in [6, 6.07) is 5.41. The number of carbonyl (C=O) groups excluding carboxylic acids is 1. The molecule has 21 heavy (non-hydrogen) atoms. The Morgan fingerprint density at radius 2 is 2.10 bits per heavy atom. The molecule has 0 unspecified atom stereocenters. The van der Waals surface area contributed by atoms with Gasteiger partial charge in [-0.3, -0.25) is 5.32 Å². The van der Waals surface area contributed by atoms with Crippen LogP contribution in [0.5, 0.6) is 0 Å². The highest BCUT2D eigenvalue weighted by Gasteiger charge is 2.42. The van der Waals surface area contributed by atoms with Gasteiger partial charge in [0.1, 0.15) is 5.60 Å². The number of benzene rings is 1. The predicted octanol–water partition coefficient (Wildman–Crippen LogP) is 4.00. The molecule has 1 aliphatic rings. The lowest BCUT2D eigenvalue weighted by atomic mass is 9.96. The van der Waals surface area contributed by atoms with Crippen LogP contribution in [0.2, 0.25) is 5.02 Å². The van der Waals surface area contributed by atoms with Crippen molar-refractivity contribution in [3.8, 4) is 0 Å². The molecule has 5 heteroatoms. The number of hydrogen-bond acceptors (Lipinski definition) is 3. The molecule has 1 fully saturated rings. The fraction of sp³-hybridized carbons (Fsp3) is 0.562. The zero-order valence-corrected chi connectivity index (χ0v) is 13.5. The minimum absolute atomic E-state index is 0.0296. The number of halogens is 1. The molecule has 4 nitrogen and oxygen atoms in total. The first-order valence-electron chi connectivity index (χ1n) is 7.12. The first-order valence-corrected chi connectivity index (χ1v) is 7.50. The molecule has 0 bridgehead atoms. The second-order valence-electron chi connectivity index (χ2n) is 6.76. The number of amides is 1. The number of ether oxygens (including phenoxy) is 1. The highest BCUT2D eigenvalue weighted by molar-refractivity contribution is 6.31. The Bertz CT molecular complexity index is 533. The molecule has 1 aromatic rings. The van der Waals surface area contributed by atoms with E-state index in [1.54, 1.807) is 12.1 Å². The summed E-state index contributed by atoms with van der Waals surface area (Å²) in [5, 5.41) is 12.8. The summed E-state index contributed by atoms with van der Waals surface area (Å²) in [5.41, 5.74) is 1.04. The number of rotatable bonds is 4. The molecule has 2 rings (SSSR count). The van der Waals surface area contributed by atoms with Gasteiger partial charge in [0.25, 0.3) is 0 Å². The quantitative estimate of drug-likeness (QED) is 0.883.